The van der Waals surface area contributed by atoms with E-state index in [1.165, 1.54) is 6.07 Å². The molecule has 2 amide bonds. The molecule has 5 rings (SSSR count). The molecule has 3 N–H and O–H groups in total. The molecule has 0 aromatic heterocycles. The van der Waals surface area contributed by atoms with Crippen LogP contribution in [0.15, 0.2) is 66.7 Å². The van der Waals surface area contributed by atoms with E-state index in [1.54, 1.807) is 0 Å². The average molecular weight is 474 g/mol. The number of benzene rings is 3. The van der Waals surface area contributed by atoms with Crippen LogP contribution >= 0.6 is 0 Å². The highest BCUT2D eigenvalue weighted by Crippen LogP contribution is 2.44. The number of amides is 2. The Morgan fingerprint density at radius 2 is 1.60 bits per heavy atom. The molecule has 2 aliphatic rings. The first kappa shape index (κ1) is 22.6. The normalized spacial score (nSPS) is 15.0. The molecular formula is C27H23FN2O5. The number of carboxylic acid groups (broad SMARTS) is 1. The number of halogens is 1. The van der Waals surface area contributed by atoms with E-state index < -0.39 is 29.3 Å². The lowest BCUT2D eigenvalue weighted by Crippen LogP contribution is -2.40. The summed E-state index contributed by atoms with van der Waals surface area (Å²) in [6.45, 7) is 0.166. The van der Waals surface area contributed by atoms with Gasteiger partial charge in [-0.25, -0.2) is 14.0 Å². The van der Waals surface area contributed by atoms with E-state index in [2.05, 4.69) is 22.8 Å². The molecule has 0 saturated heterocycles. The van der Waals surface area contributed by atoms with Gasteiger partial charge in [0.1, 0.15) is 12.4 Å². The molecule has 0 aliphatic heterocycles. The van der Waals surface area contributed by atoms with E-state index in [0.717, 1.165) is 34.4 Å². The highest BCUT2D eigenvalue weighted by atomic mass is 19.1. The summed E-state index contributed by atoms with van der Waals surface area (Å²) in [4.78, 5) is 36.5. The number of hydrogen-bond donors (Lipinski definition) is 3. The van der Waals surface area contributed by atoms with Crippen LogP contribution in [0, 0.1) is 5.82 Å². The molecule has 35 heavy (non-hydrogen) atoms. The van der Waals surface area contributed by atoms with Crippen LogP contribution < -0.4 is 10.6 Å². The van der Waals surface area contributed by atoms with Gasteiger partial charge in [0, 0.05) is 5.92 Å². The van der Waals surface area contributed by atoms with Gasteiger partial charge >= 0.3 is 12.1 Å². The standard InChI is InChI=1S/C27H23FN2O5/c28-16-9-10-23(21(13-16)25(32)33)29-24(31)14-27(11-12-27)30-26(34)35-15-22-19-7-3-1-5-17(19)18-6-2-4-8-20(18)22/h1-10,13,22H,11-12,14-15H2,(H,29,31)(H,30,34)(H,32,33). The summed E-state index contributed by atoms with van der Waals surface area (Å²) in [5, 5.41) is 14.6. The lowest BCUT2D eigenvalue weighted by molar-refractivity contribution is -0.116. The number of ether oxygens (including phenoxy) is 1. The highest BCUT2D eigenvalue weighted by Gasteiger charge is 2.46. The van der Waals surface area contributed by atoms with E-state index in [-0.39, 0.29) is 30.2 Å². The minimum absolute atomic E-state index is 0.000778. The van der Waals surface area contributed by atoms with Gasteiger partial charge < -0.3 is 20.5 Å². The number of carboxylic acids is 1. The highest BCUT2D eigenvalue weighted by molar-refractivity contribution is 6.01. The largest absolute Gasteiger partial charge is 0.478 e. The van der Waals surface area contributed by atoms with Crippen molar-refractivity contribution in [2.45, 2.75) is 30.7 Å². The van der Waals surface area contributed by atoms with Crippen molar-refractivity contribution in [1.82, 2.24) is 5.32 Å². The quantitative estimate of drug-likeness (QED) is 0.451. The molecular weight excluding hydrogens is 451 g/mol. The third-order valence-corrected chi connectivity index (χ3v) is 6.55. The van der Waals surface area contributed by atoms with Crippen molar-refractivity contribution < 1.29 is 28.6 Å². The lowest BCUT2D eigenvalue weighted by Gasteiger charge is -2.19. The van der Waals surface area contributed by atoms with Crippen LogP contribution in [-0.2, 0) is 9.53 Å². The van der Waals surface area contributed by atoms with Crippen molar-refractivity contribution in [3.8, 4) is 11.1 Å². The fraction of sp³-hybridized carbons (Fsp3) is 0.222. The van der Waals surface area contributed by atoms with Crippen LogP contribution in [0.1, 0.15) is 46.7 Å². The van der Waals surface area contributed by atoms with Crippen molar-refractivity contribution in [2.24, 2.45) is 0 Å². The molecule has 3 aromatic carbocycles. The number of fused-ring (bicyclic) bond motifs is 3. The molecule has 0 atom stereocenters. The molecule has 7 nitrogen and oxygen atoms in total. The molecule has 2 aliphatic carbocycles. The zero-order valence-electron chi connectivity index (χ0n) is 18.7. The Bertz CT molecular complexity index is 1290. The Kier molecular flexibility index (Phi) is 5.72. The minimum Gasteiger partial charge on any atom is -0.478 e. The predicted octanol–water partition coefficient (Wildman–Crippen LogP) is 4.92. The van der Waals surface area contributed by atoms with Gasteiger partial charge in [-0.1, -0.05) is 48.5 Å². The maximum atomic E-state index is 13.4. The summed E-state index contributed by atoms with van der Waals surface area (Å²) in [6.07, 6.45) is 0.540. The molecule has 1 saturated carbocycles. The first-order valence-electron chi connectivity index (χ1n) is 11.3. The first-order chi connectivity index (χ1) is 16.8. The van der Waals surface area contributed by atoms with Crippen LogP contribution in [0.4, 0.5) is 14.9 Å². The lowest BCUT2D eigenvalue weighted by atomic mass is 9.98. The Hall–Kier alpha value is -4.20. The molecule has 3 aromatic rings. The summed E-state index contributed by atoms with van der Waals surface area (Å²) in [5.41, 5.74) is 3.40. The summed E-state index contributed by atoms with van der Waals surface area (Å²) >= 11 is 0. The maximum Gasteiger partial charge on any atom is 0.407 e. The van der Waals surface area contributed by atoms with Gasteiger partial charge in [0.25, 0.3) is 0 Å². The maximum absolute atomic E-state index is 13.4. The van der Waals surface area contributed by atoms with Crippen molar-refractivity contribution in [2.75, 3.05) is 11.9 Å². The van der Waals surface area contributed by atoms with Crippen molar-refractivity contribution >= 4 is 23.7 Å². The minimum atomic E-state index is -1.35. The summed E-state index contributed by atoms with van der Waals surface area (Å²) < 4.78 is 19.0. The Balaban J connectivity index is 1.20. The number of hydrogen-bond acceptors (Lipinski definition) is 4. The number of alkyl carbamates (subject to hydrolysis) is 1. The molecule has 0 unspecified atom stereocenters. The third kappa shape index (κ3) is 4.59. The molecule has 0 radical (unpaired) electrons. The SMILES string of the molecule is O=C(CC1(NC(=O)OCC2c3ccccc3-c3ccccc32)CC1)Nc1ccc(F)cc1C(=O)O. The van der Waals surface area contributed by atoms with E-state index in [9.17, 15) is 23.9 Å². The zero-order chi connectivity index (χ0) is 24.6. The molecule has 8 heteroatoms. The second-order valence-electron chi connectivity index (χ2n) is 8.95. The molecule has 178 valence electrons. The summed E-state index contributed by atoms with van der Waals surface area (Å²) in [6, 6.07) is 19.2. The number of carbonyl (C=O) groups excluding carboxylic acids is 2. The van der Waals surface area contributed by atoms with Gasteiger partial charge in [-0.15, -0.1) is 0 Å². The van der Waals surface area contributed by atoms with Crippen LogP contribution in [0.5, 0.6) is 0 Å². The second kappa shape index (κ2) is 8.87. The van der Waals surface area contributed by atoms with Crippen molar-refractivity contribution in [3.05, 3.63) is 89.2 Å². The van der Waals surface area contributed by atoms with E-state index in [0.29, 0.717) is 12.8 Å². The van der Waals surface area contributed by atoms with Crippen molar-refractivity contribution in [3.63, 3.8) is 0 Å². The smallest absolute Gasteiger partial charge is 0.407 e. The van der Waals surface area contributed by atoms with Crippen LogP contribution in [-0.4, -0.2) is 35.2 Å². The molecule has 0 heterocycles. The summed E-state index contributed by atoms with van der Waals surface area (Å²) in [7, 11) is 0. The van der Waals surface area contributed by atoms with Crippen molar-refractivity contribution in [1.29, 1.82) is 0 Å². The fourth-order valence-electron chi connectivity index (χ4n) is 4.65. The molecule has 0 spiro atoms. The van der Waals surface area contributed by atoms with E-state index in [1.807, 2.05) is 36.4 Å². The Morgan fingerprint density at radius 1 is 0.971 bits per heavy atom. The number of rotatable bonds is 7. The van der Waals surface area contributed by atoms with E-state index >= 15 is 0 Å². The monoisotopic (exact) mass is 474 g/mol. The number of aromatic carboxylic acids is 1. The predicted molar refractivity (Wildman–Crippen MR) is 127 cm³/mol. The second-order valence-corrected chi connectivity index (χ2v) is 8.95. The first-order valence-corrected chi connectivity index (χ1v) is 11.3. The topological polar surface area (TPSA) is 105 Å². The van der Waals surface area contributed by atoms with E-state index in [4.69, 9.17) is 4.74 Å². The van der Waals surface area contributed by atoms with Gasteiger partial charge in [-0.2, -0.15) is 0 Å². The van der Waals surface area contributed by atoms with Gasteiger partial charge in [0.2, 0.25) is 5.91 Å². The van der Waals surface area contributed by atoms with Gasteiger partial charge in [-0.3, -0.25) is 4.79 Å². The van der Waals surface area contributed by atoms with Gasteiger partial charge in [0.15, 0.2) is 0 Å². The fourth-order valence-corrected chi connectivity index (χ4v) is 4.65. The van der Waals surface area contributed by atoms with Crippen LogP contribution in [0.2, 0.25) is 0 Å². The van der Waals surface area contributed by atoms with Gasteiger partial charge in [0.05, 0.1) is 23.2 Å². The van der Waals surface area contributed by atoms with Crippen LogP contribution in [0.3, 0.4) is 0 Å². The number of nitrogens with one attached hydrogen (secondary N) is 2. The van der Waals surface area contributed by atoms with Crippen LogP contribution in [0.25, 0.3) is 11.1 Å². The third-order valence-electron chi connectivity index (χ3n) is 6.55. The molecule has 1 fully saturated rings. The number of carbonyl (C=O) groups is 3. The Labute approximate surface area is 200 Å². The summed E-state index contributed by atoms with van der Waals surface area (Å²) in [5.74, 6) is -2.61. The average Bonchev–Trinajstić information content (AvgIpc) is 3.50. The number of anilines is 1. The zero-order valence-corrected chi connectivity index (χ0v) is 18.7. The Morgan fingerprint density at radius 3 is 2.20 bits per heavy atom. The molecule has 0 bridgehead atoms. The van der Waals surface area contributed by atoms with Gasteiger partial charge in [-0.05, 0) is 53.3 Å².